The van der Waals surface area contributed by atoms with Crippen molar-refractivity contribution in [3.63, 3.8) is 0 Å². The van der Waals surface area contributed by atoms with Crippen LogP contribution in [0.4, 0.5) is 0 Å². The van der Waals surface area contributed by atoms with Crippen molar-refractivity contribution in [2.24, 2.45) is 5.73 Å². The summed E-state index contributed by atoms with van der Waals surface area (Å²) in [5, 5.41) is 4.64. The van der Waals surface area contributed by atoms with E-state index in [9.17, 15) is 0 Å². The predicted molar refractivity (Wildman–Crippen MR) is 82.1 cm³/mol. The van der Waals surface area contributed by atoms with E-state index in [1.165, 1.54) is 0 Å². The Kier molecular flexibility index (Phi) is 3.50. The summed E-state index contributed by atoms with van der Waals surface area (Å²) in [6.45, 7) is 2.43. The van der Waals surface area contributed by atoms with Crippen molar-refractivity contribution in [2.75, 3.05) is 7.11 Å². The highest BCUT2D eigenvalue weighted by molar-refractivity contribution is 5.48. The Labute approximate surface area is 123 Å². The average Bonchev–Trinajstić information content (AvgIpc) is 3.14. The van der Waals surface area contributed by atoms with Crippen LogP contribution >= 0.6 is 0 Å². The van der Waals surface area contributed by atoms with Crippen LogP contribution in [0.15, 0.2) is 48.8 Å². The lowest BCUT2D eigenvalue weighted by atomic mass is 10.2. The van der Waals surface area contributed by atoms with E-state index in [2.05, 4.69) is 5.10 Å². The number of nitrogens with zero attached hydrogens (tertiary/aromatic N) is 3. The SMILES string of the molecule is COc1cccc(-n2nc(C)c(CN)c2-n2cccc2)c1. The fourth-order valence-corrected chi connectivity index (χ4v) is 2.45. The molecule has 2 aromatic heterocycles. The fraction of sp³-hybridized carbons (Fsp3) is 0.188. The molecule has 0 saturated heterocycles. The number of rotatable bonds is 4. The molecule has 0 radical (unpaired) electrons. The molecule has 2 N–H and O–H groups in total. The van der Waals surface area contributed by atoms with E-state index < -0.39 is 0 Å². The Balaban J connectivity index is 2.23. The molecule has 0 atom stereocenters. The Morgan fingerprint density at radius 2 is 1.95 bits per heavy atom. The number of aromatic nitrogens is 3. The summed E-state index contributed by atoms with van der Waals surface area (Å²) in [5.41, 5.74) is 8.83. The van der Waals surface area contributed by atoms with Gasteiger partial charge in [0.1, 0.15) is 11.6 Å². The highest BCUT2D eigenvalue weighted by Crippen LogP contribution is 2.24. The summed E-state index contributed by atoms with van der Waals surface area (Å²) >= 11 is 0. The number of ether oxygens (including phenoxy) is 1. The van der Waals surface area contributed by atoms with Gasteiger partial charge in [-0.05, 0) is 31.2 Å². The quantitative estimate of drug-likeness (QED) is 0.799. The monoisotopic (exact) mass is 282 g/mol. The molecule has 21 heavy (non-hydrogen) atoms. The molecule has 0 aliphatic rings. The number of aryl methyl sites for hydroxylation is 1. The summed E-state index contributed by atoms with van der Waals surface area (Å²) in [7, 11) is 1.66. The molecule has 5 nitrogen and oxygen atoms in total. The van der Waals surface area contributed by atoms with Gasteiger partial charge in [-0.2, -0.15) is 5.10 Å². The average molecular weight is 282 g/mol. The molecule has 5 heteroatoms. The van der Waals surface area contributed by atoms with E-state index in [4.69, 9.17) is 10.5 Å². The van der Waals surface area contributed by atoms with Gasteiger partial charge in [0, 0.05) is 30.6 Å². The normalized spacial score (nSPS) is 10.8. The van der Waals surface area contributed by atoms with Crippen LogP contribution in [-0.4, -0.2) is 21.5 Å². The van der Waals surface area contributed by atoms with Gasteiger partial charge in [0.2, 0.25) is 0 Å². The lowest BCUT2D eigenvalue weighted by Crippen LogP contribution is -2.08. The van der Waals surface area contributed by atoms with Gasteiger partial charge in [-0.25, -0.2) is 4.68 Å². The fourth-order valence-electron chi connectivity index (χ4n) is 2.45. The zero-order chi connectivity index (χ0) is 14.8. The second kappa shape index (κ2) is 5.46. The van der Waals surface area contributed by atoms with Gasteiger partial charge >= 0.3 is 0 Å². The van der Waals surface area contributed by atoms with Gasteiger partial charge in [-0.3, -0.25) is 0 Å². The number of methoxy groups -OCH3 is 1. The predicted octanol–water partition coefficient (Wildman–Crippen LogP) is 2.44. The summed E-state index contributed by atoms with van der Waals surface area (Å²) < 4.78 is 9.23. The Morgan fingerprint density at radius 1 is 1.19 bits per heavy atom. The molecule has 1 aromatic carbocycles. The molecule has 0 aliphatic heterocycles. The summed E-state index contributed by atoms with van der Waals surface area (Å²) in [6.07, 6.45) is 3.98. The molecule has 3 aromatic rings. The standard InChI is InChI=1S/C16H18N4O/c1-12-15(11-17)16(19-8-3-4-9-19)20(18-12)13-6-5-7-14(10-13)21-2/h3-10H,11,17H2,1-2H3. The minimum Gasteiger partial charge on any atom is -0.497 e. The first-order chi connectivity index (χ1) is 10.2. The molecule has 2 heterocycles. The lowest BCUT2D eigenvalue weighted by molar-refractivity contribution is 0.414. The van der Waals surface area contributed by atoms with Crippen molar-refractivity contribution in [3.05, 3.63) is 60.0 Å². The van der Waals surface area contributed by atoms with Crippen LogP contribution in [-0.2, 0) is 6.54 Å². The van der Waals surface area contributed by atoms with Crippen LogP contribution in [0.5, 0.6) is 5.75 Å². The maximum absolute atomic E-state index is 5.91. The van der Waals surface area contributed by atoms with E-state index in [-0.39, 0.29) is 0 Å². The molecule has 0 saturated carbocycles. The van der Waals surface area contributed by atoms with Gasteiger partial charge in [-0.15, -0.1) is 0 Å². The van der Waals surface area contributed by atoms with Crippen LogP contribution in [0.2, 0.25) is 0 Å². The highest BCUT2D eigenvalue weighted by Gasteiger charge is 2.16. The van der Waals surface area contributed by atoms with E-state index in [1.54, 1.807) is 7.11 Å². The third-order valence-electron chi connectivity index (χ3n) is 3.51. The number of hydrogen-bond acceptors (Lipinski definition) is 3. The maximum Gasteiger partial charge on any atom is 0.145 e. The van der Waals surface area contributed by atoms with Crippen LogP contribution < -0.4 is 10.5 Å². The molecule has 3 rings (SSSR count). The molecular formula is C16H18N4O. The molecule has 0 amide bonds. The molecule has 0 bridgehead atoms. The number of nitrogens with two attached hydrogens (primary N) is 1. The molecule has 108 valence electrons. The third-order valence-corrected chi connectivity index (χ3v) is 3.51. The Bertz CT molecular complexity index is 744. The van der Waals surface area contributed by atoms with Crippen LogP contribution in [0.1, 0.15) is 11.3 Å². The van der Waals surface area contributed by atoms with E-state index in [0.717, 1.165) is 28.5 Å². The first-order valence-electron chi connectivity index (χ1n) is 6.81. The van der Waals surface area contributed by atoms with Gasteiger partial charge in [0.25, 0.3) is 0 Å². The largest absolute Gasteiger partial charge is 0.497 e. The topological polar surface area (TPSA) is 58.0 Å². The van der Waals surface area contributed by atoms with Crippen molar-refractivity contribution >= 4 is 0 Å². The van der Waals surface area contributed by atoms with Crippen molar-refractivity contribution in [2.45, 2.75) is 13.5 Å². The molecule has 0 fully saturated rings. The molecular weight excluding hydrogens is 264 g/mol. The zero-order valence-corrected chi connectivity index (χ0v) is 12.2. The number of benzene rings is 1. The van der Waals surface area contributed by atoms with Crippen LogP contribution in [0, 0.1) is 6.92 Å². The summed E-state index contributed by atoms with van der Waals surface area (Å²) in [5.74, 6) is 1.77. The van der Waals surface area contributed by atoms with Crippen molar-refractivity contribution < 1.29 is 4.74 Å². The Hall–Kier alpha value is -2.53. The second-order valence-electron chi connectivity index (χ2n) is 4.80. The van der Waals surface area contributed by atoms with E-state index in [1.807, 2.05) is 65.0 Å². The summed E-state index contributed by atoms with van der Waals surface area (Å²) in [4.78, 5) is 0. The molecule has 0 aliphatic carbocycles. The van der Waals surface area contributed by atoms with Crippen molar-refractivity contribution in [1.29, 1.82) is 0 Å². The summed E-state index contributed by atoms with van der Waals surface area (Å²) in [6, 6.07) is 11.8. The van der Waals surface area contributed by atoms with Crippen LogP contribution in [0.3, 0.4) is 0 Å². The van der Waals surface area contributed by atoms with Crippen molar-refractivity contribution in [3.8, 4) is 17.3 Å². The van der Waals surface area contributed by atoms with Gasteiger partial charge in [0.15, 0.2) is 0 Å². The molecule has 0 spiro atoms. The first-order valence-corrected chi connectivity index (χ1v) is 6.81. The van der Waals surface area contributed by atoms with Crippen LogP contribution in [0.25, 0.3) is 11.5 Å². The third kappa shape index (κ3) is 2.32. The lowest BCUT2D eigenvalue weighted by Gasteiger charge is -2.11. The molecule has 0 unspecified atom stereocenters. The maximum atomic E-state index is 5.91. The van der Waals surface area contributed by atoms with E-state index >= 15 is 0 Å². The van der Waals surface area contributed by atoms with Gasteiger partial charge < -0.3 is 15.0 Å². The van der Waals surface area contributed by atoms with E-state index in [0.29, 0.717) is 6.54 Å². The van der Waals surface area contributed by atoms with Gasteiger partial charge in [0.05, 0.1) is 18.5 Å². The minimum absolute atomic E-state index is 0.448. The number of hydrogen-bond donors (Lipinski definition) is 1. The highest BCUT2D eigenvalue weighted by atomic mass is 16.5. The minimum atomic E-state index is 0.448. The zero-order valence-electron chi connectivity index (χ0n) is 12.2. The van der Waals surface area contributed by atoms with Crippen molar-refractivity contribution in [1.82, 2.24) is 14.3 Å². The second-order valence-corrected chi connectivity index (χ2v) is 4.80. The first kappa shape index (κ1) is 13.5. The smallest absolute Gasteiger partial charge is 0.145 e. The van der Waals surface area contributed by atoms with Gasteiger partial charge in [-0.1, -0.05) is 6.07 Å². The Morgan fingerprint density at radius 3 is 2.62 bits per heavy atom.